The highest BCUT2D eigenvalue weighted by Gasteiger charge is 2.13. The van der Waals surface area contributed by atoms with E-state index >= 15 is 0 Å². The average molecular weight is 387 g/mol. The lowest BCUT2D eigenvalue weighted by Gasteiger charge is -2.01. The molecule has 2 aromatic rings. The molecule has 1 heterocycles. The van der Waals surface area contributed by atoms with E-state index in [1.54, 1.807) is 23.1 Å². The van der Waals surface area contributed by atoms with E-state index in [1.165, 1.54) is 6.42 Å². The minimum absolute atomic E-state index is 0.181. The summed E-state index contributed by atoms with van der Waals surface area (Å²) in [4.78, 5) is 4.72. The number of nitrogens with zero attached hydrogens (tertiary/aromatic N) is 1. The second-order valence-corrected chi connectivity index (χ2v) is 7.79. The quantitative estimate of drug-likeness (QED) is 0.501. The second-order valence-electron chi connectivity index (χ2n) is 4.51. The summed E-state index contributed by atoms with van der Waals surface area (Å²) in [5.41, 5.74) is 2.11. The molecule has 0 unspecified atom stereocenters. The van der Waals surface area contributed by atoms with Crippen molar-refractivity contribution < 1.29 is 5.11 Å². The van der Waals surface area contributed by atoms with Gasteiger partial charge in [0.05, 0.1) is 16.5 Å². The molecule has 3 nitrogen and oxygen atoms in total. The van der Waals surface area contributed by atoms with Gasteiger partial charge >= 0.3 is 0 Å². The van der Waals surface area contributed by atoms with Gasteiger partial charge in [-0.15, -0.1) is 11.8 Å². The van der Waals surface area contributed by atoms with Crippen LogP contribution in [0.5, 0.6) is 0 Å². The first-order chi connectivity index (χ1) is 10.2. The van der Waals surface area contributed by atoms with Crippen LogP contribution in [-0.4, -0.2) is 29.0 Å². The van der Waals surface area contributed by atoms with E-state index in [9.17, 15) is 0 Å². The van der Waals surface area contributed by atoms with Crippen molar-refractivity contribution in [2.45, 2.75) is 24.0 Å². The fourth-order valence-corrected chi connectivity index (χ4v) is 4.09. The van der Waals surface area contributed by atoms with E-state index < -0.39 is 0 Å². The standard InChI is InChI=1S/C15H19BrN2OS2/c1-2-3-8-17-15-18-13(14(21-15)20-10-9-19)11-4-6-12(16)7-5-11/h4-7,19H,2-3,8-10H2,1H3,(H,17,18). The summed E-state index contributed by atoms with van der Waals surface area (Å²) in [6.45, 7) is 3.31. The molecule has 0 aliphatic rings. The Bertz CT molecular complexity index is 557. The Balaban J connectivity index is 2.21. The maximum Gasteiger partial charge on any atom is 0.184 e. The molecule has 1 aromatic carbocycles. The van der Waals surface area contributed by atoms with Gasteiger partial charge in [0.25, 0.3) is 0 Å². The van der Waals surface area contributed by atoms with Crippen molar-refractivity contribution in [2.75, 3.05) is 24.2 Å². The number of anilines is 1. The Morgan fingerprint density at radius 2 is 2.10 bits per heavy atom. The van der Waals surface area contributed by atoms with Gasteiger partial charge in [0.15, 0.2) is 5.13 Å². The Kier molecular flexibility index (Phi) is 7.03. The number of benzene rings is 1. The number of rotatable bonds is 8. The Morgan fingerprint density at radius 3 is 2.76 bits per heavy atom. The molecule has 6 heteroatoms. The number of thioether (sulfide) groups is 1. The van der Waals surface area contributed by atoms with Gasteiger partial charge < -0.3 is 10.4 Å². The van der Waals surface area contributed by atoms with Gasteiger partial charge in [0, 0.05) is 22.3 Å². The van der Waals surface area contributed by atoms with E-state index in [0.29, 0.717) is 5.75 Å². The molecular formula is C15H19BrN2OS2. The lowest BCUT2D eigenvalue weighted by Crippen LogP contribution is -1.99. The van der Waals surface area contributed by atoms with Crippen LogP contribution in [-0.2, 0) is 0 Å². The van der Waals surface area contributed by atoms with Crippen molar-refractivity contribution in [3.63, 3.8) is 0 Å². The van der Waals surface area contributed by atoms with Gasteiger partial charge in [-0.1, -0.05) is 52.7 Å². The zero-order valence-corrected chi connectivity index (χ0v) is 15.2. The van der Waals surface area contributed by atoms with Crippen molar-refractivity contribution in [2.24, 2.45) is 0 Å². The summed E-state index contributed by atoms with van der Waals surface area (Å²) in [6, 6.07) is 8.19. The first-order valence-corrected chi connectivity index (χ1v) is 9.58. The second kappa shape index (κ2) is 8.78. The molecule has 2 N–H and O–H groups in total. The largest absolute Gasteiger partial charge is 0.396 e. The molecule has 0 radical (unpaired) electrons. The molecule has 0 atom stereocenters. The van der Waals surface area contributed by atoms with Crippen LogP contribution in [0.15, 0.2) is 32.9 Å². The maximum absolute atomic E-state index is 9.05. The average Bonchev–Trinajstić information content (AvgIpc) is 2.89. The molecule has 0 aliphatic heterocycles. The Hall–Kier alpha value is -0.560. The van der Waals surface area contributed by atoms with Crippen LogP contribution in [0, 0.1) is 0 Å². The minimum atomic E-state index is 0.181. The summed E-state index contributed by atoms with van der Waals surface area (Å²) in [7, 11) is 0. The van der Waals surface area contributed by atoms with Crippen LogP contribution in [0.2, 0.25) is 0 Å². The molecule has 114 valence electrons. The number of halogens is 1. The van der Waals surface area contributed by atoms with E-state index in [-0.39, 0.29) is 6.61 Å². The Labute approximate surface area is 142 Å². The zero-order chi connectivity index (χ0) is 15.1. The molecule has 0 saturated carbocycles. The highest BCUT2D eigenvalue weighted by molar-refractivity contribution is 9.10. The molecule has 0 fully saturated rings. The lowest BCUT2D eigenvalue weighted by molar-refractivity contribution is 0.322. The van der Waals surface area contributed by atoms with Crippen molar-refractivity contribution >= 4 is 44.2 Å². The molecule has 0 spiro atoms. The molecule has 2 rings (SSSR count). The number of aliphatic hydroxyl groups is 1. The predicted molar refractivity (Wildman–Crippen MR) is 96.5 cm³/mol. The summed E-state index contributed by atoms with van der Waals surface area (Å²) in [5.74, 6) is 0.695. The molecule has 21 heavy (non-hydrogen) atoms. The number of unbranched alkanes of at least 4 members (excludes halogenated alkanes) is 1. The fraction of sp³-hybridized carbons (Fsp3) is 0.400. The van der Waals surface area contributed by atoms with E-state index in [0.717, 1.165) is 38.0 Å². The van der Waals surface area contributed by atoms with Crippen molar-refractivity contribution in [1.29, 1.82) is 0 Å². The summed E-state index contributed by atoms with van der Waals surface area (Å²) < 4.78 is 2.22. The molecule has 1 aromatic heterocycles. The van der Waals surface area contributed by atoms with Crippen LogP contribution in [0.3, 0.4) is 0 Å². The third-order valence-corrected chi connectivity index (χ3v) is 5.63. The van der Waals surface area contributed by atoms with Crippen LogP contribution in [0.4, 0.5) is 5.13 Å². The SMILES string of the molecule is CCCCNc1nc(-c2ccc(Br)cc2)c(SCCO)s1. The van der Waals surface area contributed by atoms with Crippen molar-refractivity contribution in [1.82, 2.24) is 4.98 Å². The molecule has 0 aliphatic carbocycles. The number of aromatic nitrogens is 1. The molecular weight excluding hydrogens is 368 g/mol. The third-order valence-electron chi connectivity index (χ3n) is 2.84. The zero-order valence-electron chi connectivity index (χ0n) is 11.9. The van der Waals surface area contributed by atoms with E-state index in [4.69, 9.17) is 10.1 Å². The molecule has 0 bridgehead atoms. The minimum Gasteiger partial charge on any atom is -0.396 e. The molecule has 0 amide bonds. The monoisotopic (exact) mass is 386 g/mol. The highest BCUT2D eigenvalue weighted by atomic mass is 79.9. The number of aliphatic hydroxyl groups excluding tert-OH is 1. The lowest BCUT2D eigenvalue weighted by atomic mass is 10.2. The van der Waals surface area contributed by atoms with Crippen molar-refractivity contribution in [3.8, 4) is 11.3 Å². The summed E-state index contributed by atoms with van der Waals surface area (Å²) in [6.07, 6.45) is 2.32. The van der Waals surface area contributed by atoms with Gasteiger partial charge in [-0.2, -0.15) is 0 Å². The first-order valence-electron chi connectivity index (χ1n) is 6.99. The van der Waals surface area contributed by atoms with Crippen LogP contribution in [0.1, 0.15) is 19.8 Å². The van der Waals surface area contributed by atoms with Gasteiger partial charge in [0.1, 0.15) is 0 Å². The van der Waals surface area contributed by atoms with Crippen LogP contribution < -0.4 is 5.32 Å². The van der Waals surface area contributed by atoms with Gasteiger partial charge in [-0.25, -0.2) is 4.98 Å². The van der Waals surface area contributed by atoms with E-state index in [2.05, 4.69) is 40.3 Å². The van der Waals surface area contributed by atoms with Crippen molar-refractivity contribution in [3.05, 3.63) is 28.7 Å². The Morgan fingerprint density at radius 1 is 1.33 bits per heavy atom. The van der Waals surface area contributed by atoms with Crippen LogP contribution >= 0.6 is 39.0 Å². The normalized spacial score (nSPS) is 10.8. The highest BCUT2D eigenvalue weighted by Crippen LogP contribution is 2.38. The maximum atomic E-state index is 9.05. The first kappa shape index (κ1) is 16.8. The van der Waals surface area contributed by atoms with E-state index in [1.807, 2.05) is 12.1 Å². The number of hydrogen-bond donors (Lipinski definition) is 2. The van der Waals surface area contributed by atoms with Gasteiger partial charge in [-0.3, -0.25) is 0 Å². The number of nitrogens with one attached hydrogen (secondary N) is 1. The van der Waals surface area contributed by atoms with Crippen LogP contribution in [0.25, 0.3) is 11.3 Å². The predicted octanol–water partition coefficient (Wildman–Crippen LogP) is 4.87. The fourth-order valence-electron chi connectivity index (χ4n) is 1.78. The topological polar surface area (TPSA) is 45.2 Å². The summed E-state index contributed by atoms with van der Waals surface area (Å²) in [5, 5.41) is 13.4. The smallest absolute Gasteiger partial charge is 0.184 e. The number of hydrogen-bond acceptors (Lipinski definition) is 5. The summed E-state index contributed by atoms with van der Waals surface area (Å²) >= 11 is 6.78. The van der Waals surface area contributed by atoms with Gasteiger partial charge in [0.2, 0.25) is 0 Å². The van der Waals surface area contributed by atoms with Gasteiger partial charge in [-0.05, 0) is 18.6 Å². The molecule has 0 saturated heterocycles. The third kappa shape index (κ3) is 4.98. The number of thiazole rings is 1.